The lowest BCUT2D eigenvalue weighted by atomic mass is 10.1. The molecule has 0 aliphatic rings. The van der Waals surface area contributed by atoms with Crippen LogP contribution in [0.4, 0.5) is 0 Å². The zero-order valence-electron chi connectivity index (χ0n) is 14.7. The minimum atomic E-state index is 1.23. The molecule has 0 amide bonds. The van der Waals surface area contributed by atoms with Crippen molar-refractivity contribution in [1.29, 1.82) is 0 Å². The van der Waals surface area contributed by atoms with Gasteiger partial charge in [-0.25, -0.2) is 0 Å². The second-order valence-corrected chi connectivity index (χ2v) is 7.72. The third kappa shape index (κ3) is 7.74. The number of hydrogen-bond donors (Lipinski definition) is 0. The van der Waals surface area contributed by atoms with Crippen LogP contribution in [0.5, 0.6) is 0 Å². The van der Waals surface area contributed by atoms with Gasteiger partial charge in [-0.3, -0.25) is 0 Å². The Morgan fingerprint density at radius 1 is 0.565 bits per heavy atom. The lowest BCUT2D eigenvalue weighted by Gasteiger charge is -2.04. The van der Waals surface area contributed by atoms with Gasteiger partial charge in [0.25, 0.3) is 0 Å². The Labute approximate surface area is 146 Å². The Hall–Kier alpha value is -1.21. The van der Waals surface area contributed by atoms with Crippen molar-refractivity contribution in [3.8, 4) is 0 Å². The van der Waals surface area contributed by atoms with E-state index in [2.05, 4.69) is 74.1 Å². The van der Waals surface area contributed by atoms with Crippen molar-refractivity contribution in [3.05, 3.63) is 70.8 Å². The number of unbranched alkanes of at least 4 members (excludes halogenated alkanes) is 2. The number of hydrogen-bond acceptors (Lipinski definition) is 1. The molecule has 2 aromatic carbocycles. The highest BCUT2D eigenvalue weighted by Gasteiger charge is 1.96. The standard InChI is InChI=1S/C22H30S/c1-19-9-13-21(14-10-19)7-3-5-17-23-18-6-4-8-22-15-11-20(2)12-16-22/h9-16H,3-8,17-18H2,1-2H3. The van der Waals surface area contributed by atoms with Gasteiger partial charge in [0.15, 0.2) is 0 Å². The van der Waals surface area contributed by atoms with Crippen LogP contribution in [-0.4, -0.2) is 11.5 Å². The maximum Gasteiger partial charge on any atom is -0.00674 e. The summed E-state index contributed by atoms with van der Waals surface area (Å²) in [4.78, 5) is 0. The molecule has 0 radical (unpaired) electrons. The van der Waals surface area contributed by atoms with E-state index >= 15 is 0 Å². The molecule has 1 heteroatoms. The van der Waals surface area contributed by atoms with Crippen LogP contribution in [0.25, 0.3) is 0 Å². The highest BCUT2D eigenvalue weighted by Crippen LogP contribution is 2.13. The number of thioether (sulfide) groups is 1. The zero-order chi connectivity index (χ0) is 16.3. The Balaban J connectivity index is 1.43. The van der Waals surface area contributed by atoms with Crippen LogP contribution in [-0.2, 0) is 12.8 Å². The maximum atomic E-state index is 2.27. The summed E-state index contributed by atoms with van der Waals surface area (Å²) in [7, 11) is 0. The van der Waals surface area contributed by atoms with E-state index in [0.29, 0.717) is 0 Å². The van der Waals surface area contributed by atoms with Gasteiger partial charge >= 0.3 is 0 Å². The molecule has 23 heavy (non-hydrogen) atoms. The van der Waals surface area contributed by atoms with Gasteiger partial charge in [0, 0.05) is 0 Å². The Kier molecular flexibility index (Phi) is 8.31. The third-order valence-electron chi connectivity index (χ3n) is 4.25. The average molecular weight is 327 g/mol. The minimum absolute atomic E-state index is 1.23. The summed E-state index contributed by atoms with van der Waals surface area (Å²) in [6.07, 6.45) is 7.79. The van der Waals surface area contributed by atoms with Crippen molar-refractivity contribution >= 4 is 11.8 Å². The SMILES string of the molecule is Cc1ccc(CCCCSCCCCc2ccc(C)cc2)cc1. The van der Waals surface area contributed by atoms with Gasteiger partial charge < -0.3 is 0 Å². The molecule has 0 heterocycles. The lowest BCUT2D eigenvalue weighted by Crippen LogP contribution is -1.90. The van der Waals surface area contributed by atoms with E-state index in [0.717, 1.165) is 0 Å². The molecule has 0 bridgehead atoms. The van der Waals surface area contributed by atoms with E-state index in [1.165, 1.54) is 72.3 Å². The van der Waals surface area contributed by atoms with E-state index in [1.807, 2.05) is 0 Å². The monoisotopic (exact) mass is 326 g/mol. The summed E-state index contributed by atoms with van der Waals surface area (Å²) in [5.41, 5.74) is 5.68. The average Bonchev–Trinajstić information content (AvgIpc) is 2.56. The molecule has 0 aromatic heterocycles. The van der Waals surface area contributed by atoms with Crippen LogP contribution in [0.1, 0.15) is 47.9 Å². The maximum absolute atomic E-state index is 2.27. The van der Waals surface area contributed by atoms with Crippen molar-refractivity contribution in [2.45, 2.75) is 52.4 Å². The molecule has 0 nitrogen and oxygen atoms in total. The predicted molar refractivity (Wildman–Crippen MR) is 106 cm³/mol. The van der Waals surface area contributed by atoms with Gasteiger partial charge in [0.2, 0.25) is 0 Å². The zero-order valence-corrected chi connectivity index (χ0v) is 15.5. The first-order chi connectivity index (χ1) is 11.2. The molecule has 0 unspecified atom stereocenters. The van der Waals surface area contributed by atoms with E-state index in [4.69, 9.17) is 0 Å². The topological polar surface area (TPSA) is 0 Å². The molecule has 124 valence electrons. The molecule has 0 atom stereocenters. The van der Waals surface area contributed by atoms with E-state index in [-0.39, 0.29) is 0 Å². The van der Waals surface area contributed by atoms with Crippen LogP contribution >= 0.6 is 11.8 Å². The molecule has 0 aliphatic heterocycles. The first-order valence-electron chi connectivity index (χ1n) is 8.93. The van der Waals surface area contributed by atoms with Gasteiger partial charge in [0.1, 0.15) is 0 Å². The van der Waals surface area contributed by atoms with Crippen LogP contribution in [0, 0.1) is 13.8 Å². The van der Waals surface area contributed by atoms with Crippen molar-refractivity contribution < 1.29 is 0 Å². The van der Waals surface area contributed by atoms with Crippen molar-refractivity contribution in [2.75, 3.05) is 11.5 Å². The summed E-state index contributed by atoms with van der Waals surface area (Å²) in [5.74, 6) is 2.63. The van der Waals surface area contributed by atoms with Crippen LogP contribution in [0.15, 0.2) is 48.5 Å². The van der Waals surface area contributed by atoms with Crippen LogP contribution in [0.3, 0.4) is 0 Å². The summed E-state index contributed by atoms with van der Waals surface area (Å²) in [6.45, 7) is 4.30. The summed E-state index contributed by atoms with van der Waals surface area (Å²) in [6, 6.07) is 18.0. The summed E-state index contributed by atoms with van der Waals surface area (Å²) >= 11 is 2.13. The molecule has 2 rings (SSSR count). The second kappa shape index (κ2) is 10.5. The molecule has 2 aromatic rings. The lowest BCUT2D eigenvalue weighted by molar-refractivity contribution is 0.791. The van der Waals surface area contributed by atoms with Gasteiger partial charge in [-0.2, -0.15) is 11.8 Å². The van der Waals surface area contributed by atoms with Crippen LogP contribution < -0.4 is 0 Å². The molecule has 0 saturated heterocycles. The normalized spacial score (nSPS) is 10.9. The van der Waals surface area contributed by atoms with E-state index in [1.54, 1.807) is 0 Å². The quantitative estimate of drug-likeness (QED) is 0.456. The fourth-order valence-electron chi connectivity index (χ4n) is 2.68. The first-order valence-corrected chi connectivity index (χ1v) is 10.1. The number of rotatable bonds is 10. The molecule has 0 N–H and O–H groups in total. The molecule has 0 spiro atoms. The largest absolute Gasteiger partial charge is 0.162 e. The van der Waals surface area contributed by atoms with Gasteiger partial charge in [-0.1, -0.05) is 59.7 Å². The fraction of sp³-hybridized carbons (Fsp3) is 0.455. The van der Waals surface area contributed by atoms with Crippen molar-refractivity contribution in [3.63, 3.8) is 0 Å². The van der Waals surface area contributed by atoms with Gasteiger partial charge in [-0.05, 0) is 75.0 Å². The Bertz CT molecular complexity index is 488. The van der Waals surface area contributed by atoms with E-state index < -0.39 is 0 Å². The Morgan fingerprint density at radius 2 is 0.957 bits per heavy atom. The first kappa shape index (κ1) is 18.1. The second-order valence-electron chi connectivity index (χ2n) is 6.50. The minimum Gasteiger partial charge on any atom is -0.162 e. The van der Waals surface area contributed by atoms with Crippen molar-refractivity contribution in [2.24, 2.45) is 0 Å². The highest BCUT2D eigenvalue weighted by atomic mass is 32.2. The molecular weight excluding hydrogens is 296 g/mol. The highest BCUT2D eigenvalue weighted by molar-refractivity contribution is 7.99. The Morgan fingerprint density at radius 3 is 1.35 bits per heavy atom. The summed E-state index contributed by atoms with van der Waals surface area (Å²) in [5, 5.41) is 0. The van der Waals surface area contributed by atoms with E-state index in [9.17, 15) is 0 Å². The molecule has 0 saturated carbocycles. The third-order valence-corrected chi connectivity index (χ3v) is 5.40. The van der Waals surface area contributed by atoms with Gasteiger partial charge in [0.05, 0.1) is 0 Å². The number of benzene rings is 2. The molecule has 0 fully saturated rings. The fourth-order valence-corrected chi connectivity index (χ4v) is 3.70. The van der Waals surface area contributed by atoms with Crippen LogP contribution in [0.2, 0.25) is 0 Å². The van der Waals surface area contributed by atoms with Crippen molar-refractivity contribution in [1.82, 2.24) is 0 Å². The van der Waals surface area contributed by atoms with Gasteiger partial charge in [-0.15, -0.1) is 0 Å². The molecule has 0 aliphatic carbocycles. The predicted octanol–water partition coefficient (Wildman–Crippen LogP) is 6.38. The smallest absolute Gasteiger partial charge is 0.00674 e. The number of aryl methyl sites for hydroxylation is 4. The summed E-state index contributed by atoms with van der Waals surface area (Å²) < 4.78 is 0. The molecular formula is C22H30S.